The number of hydrogen-bond donors (Lipinski definition) is 2. The van der Waals surface area contributed by atoms with Gasteiger partial charge in [-0.1, -0.05) is 12.8 Å². The van der Waals surface area contributed by atoms with Crippen LogP contribution in [0.15, 0.2) is 6.07 Å². The lowest BCUT2D eigenvalue weighted by Gasteiger charge is -2.20. The molecule has 0 saturated heterocycles. The number of nitrogens with one attached hydrogen (secondary N) is 2. The predicted octanol–water partition coefficient (Wildman–Crippen LogP) is 3.55. The van der Waals surface area contributed by atoms with Crippen molar-refractivity contribution in [2.24, 2.45) is 0 Å². The number of carbonyl (C=O) groups is 2. The number of amides is 2. The van der Waals surface area contributed by atoms with Crippen LogP contribution in [0, 0.1) is 6.92 Å². The Bertz CT molecular complexity index is 962. The standard InChI is InChI=1S/C23H33N5O2/c1-14-20-17(22(30)24-12-11-19(29)25-16-7-5-6-8-16)13-18(15-9-10-15)26-21(20)28(27-14)23(2,3)4/h13,15-16H,5-12H2,1-4H3,(H,24,30)(H,25,29). The van der Waals surface area contributed by atoms with E-state index in [2.05, 4.69) is 31.4 Å². The van der Waals surface area contributed by atoms with Crippen molar-refractivity contribution in [3.05, 3.63) is 23.0 Å². The summed E-state index contributed by atoms with van der Waals surface area (Å²) in [5, 5.41) is 11.5. The third-order valence-electron chi connectivity index (χ3n) is 6.07. The minimum absolute atomic E-state index is 0.0116. The van der Waals surface area contributed by atoms with Crippen LogP contribution in [0.5, 0.6) is 0 Å². The maximum Gasteiger partial charge on any atom is 0.252 e. The monoisotopic (exact) mass is 411 g/mol. The fourth-order valence-electron chi connectivity index (χ4n) is 4.30. The maximum atomic E-state index is 13.1. The maximum absolute atomic E-state index is 13.1. The van der Waals surface area contributed by atoms with Gasteiger partial charge in [-0.25, -0.2) is 9.67 Å². The van der Waals surface area contributed by atoms with E-state index in [0.717, 1.165) is 48.1 Å². The molecule has 2 fully saturated rings. The van der Waals surface area contributed by atoms with Gasteiger partial charge in [0.25, 0.3) is 5.91 Å². The van der Waals surface area contributed by atoms with Gasteiger partial charge in [-0.3, -0.25) is 9.59 Å². The number of rotatable bonds is 6. The molecule has 0 aliphatic heterocycles. The molecular weight excluding hydrogens is 378 g/mol. The summed E-state index contributed by atoms with van der Waals surface area (Å²) in [7, 11) is 0. The second-order valence-corrected chi connectivity index (χ2v) is 9.79. The minimum atomic E-state index is -0.228. The molecule has 30 heavy (non-hydrogen) atoms. The van der Waals surface area contributed by atoms with Crippen molar-refractivity contribution in [3.63, 3.8) is 0 Å². The molecule has 2 aromatic rings. The highest BCUT2D eigenvalue weighted by atomic mass is 16.2. The summed E-state index contributed by atoms with van der Waals surface area (Å²) < 4.78 is 1.93. The smallest absolute Gasteiger partial charge is 0.252 e. The van der Waals surface area contributed by atoms with Crippen molar-refractivity contribution in [2.45, 2.75) is 90.1 Å². The number of hydrogen-bond acceptors (Lipinski definition) is 4. The van der Waals surface area contributed by atoms with Gasteiger partial charge in [0.1, 0.15) is 0 Å². The van der Waals surface area contributed by atoms with Gasteiger partial charge in [-0.15, -0.1) is 0 Å². The summed E-state index contributed by atoms with van der Waals surface area (Å²) in [6, 6.07) is 2.23. The average Bonchev–Trinajstić information content (AvgIpc) is 3.30. The number of pyridine rings is 1. The van der Waals surface area contributed by atoms with E-state index in [1.54, 1.807) is 0 Å². The summed E-state index contributed by atoms with van der Waals surface area (Å²) in [6.07, 6.45) is 7.02. The van der Waals surface area contributed by atoms with Gasteiger partial charge >= 0.3 is 0 Å². The first-order valence-corrected chi connectivity index (χ1v) is 11.2. The highest BCUT2D eigenvalue weighted by Crippen LogP contribution is 2.41. The van der Waals surface area contributed by atoms with Gasteiger partial charge in [0.15, 0.2) is 5.65 Å². The third-order valence-corrected chi connectivity index (χ3v) is 6.07. The zero-order valence-corrected chi connectivity index (χ0v) is 18.5. The van der Waals surface area contributed by atoms with Crippen molar-refractivity contribution >= 4 is 22.8 Å². The molecule has 0 radical (unpaired) electrons. The molecule has 0 bridgehead atoms. The van der Waals surface area contributed by atoms with E-state index in [4.69, 9.17) is 10.1 Å². The molecule has 2 N–H and O–H groups in total. The van der Waals surface area contributed by atoms with Crippen molar-refractivity contribution in [1.29, 1.82) is 0 Å². The van der Waals surface area contributed by atoms with Crippen LogP contribution in [0.1, 0.15) is 93.4 Å². The lowest BCUT2D eigenvalue weighted by atomic mass is 10.1. The molecule has 0 unspecified atom stereocenters. The molecule has 2 aliphatic rings. The molecule has 2 aliphatic carbocycles. The summed E-state index contributed by atoms with van der Waals surface area (Å²) >= 11 is 0. The fourth-order valence-corrected chi connectivity index (χ4v) is 4.30. The number of aryl methyl sites for hydroxylation is 1. The zero-order chi connectivity index (χ0) is 21.5. The zero-order valence-electron chi connectivity index (χ0n) is 18.5. The minimum Gasteiger partial charge on any atom is -0.353 e. The largest absolute Gasteiger partial charge is 0.353 e. The second kappa shape index (κ2) is 8.00. The van der Waals surface area contributed by atoms with E-state index < -0.39 is 0 Å². The first kappa shape index (κ1) is 20.8. The van der Waals surface area contributed by atoms with Crippen LogP contribution in [0.4, 0.5) is 0 Å². The van der Waals surface area contributed by atoms with Crippen molar-refractivity contribution in [2.75, 3.05) is 6.54 Å². The van der Waals surface area contributed by atoms with Gasteiger partial charge in [0.2, 0.25) is 5.91 Å². The van der Waals surface area contributed by atoms with Crippen molar-refractivity contribution in [3.8, 4) is 0 Å². The first-order chi connectivity index (χ1) is 14.2. The van der Waals surface area contributed by atoms with Crippen LogP contribution >= 0.6 is 0 Å². The Hall–Kier alpha value is -2.44. The molecule has 7 nitrogen and oxygen atoms in total. The van der Waals surface area contributed by atoms with Crippen LogP contribution in [0.2, 0.25) is 0 Å². The second-order valence-electron chi connectivity index (χ2n) is 9.79. The molecule has 7 heteroatoms. The van der Waals surface area contributed by atoms with Crippen LogP contribution in [-0.4, -0.2) is 39.2 Å². The molecule has 2 amide bonds. The van der Waals surface area contributed by atoms with Crippen LogP contribution in [0.3, 0.4) is 0 Å². The number of fused-ring (bicyclic) bond motifs is 1. The highest BCUT2D eigenvalue weighted by Gasteiger charge is 2.30. The van der Waals surface area contributed by atoms with Crippen LogP contribution in [-0.2, 0) is 10.3 Å². The highest BCUT2D eigenvalue weighted by molar-refractivity contribution is 6.06. The predicted molar refractivity (Wildman–Crippen MR) is 117 cm³/mol. The Balaban J connectivity index is 1.52. The van der Waals surface area contributed by atoms with E-state index in [0.29, 0.717) is 30.5 Å². The van der Waals surface area contributed by atoms with Gasteiger partial charge in [0, 0.05) is 30.6 Å². The molecule has 2 saturated carbocycles. The third kappa shape index (κ3) is 4.35. The summed E-state index contributed by atoms with van der Waals surface area (Å²) in [6.45, 7) is 8.52. The number of aromatic nitrogens is 3. The van der Waals surface area contributed by atoms with Crippen LogP contribution < -0.4 is 10.6 Å². The topological polar surface area (TPSA) is 88.9 Å². The molecule has 4 rings (SSSR count). The summed E-state index contributed by atoms with van der Waals surface area (Å²) in [4.78, 5) is 30.1. The first-order valence-electron chi connectivity index (χ1n) is 11.2. The SMILES string of the molecule is Cc1nn(C(C)(C)C)c2nc(C3CC3)cc(C(=O)NCCC(=O)NC3CCCC3)c12. The molecule has 0 spiro atoms. The molecule has 2 heterocycles. The Morgan fingerprint density at radius 2 is 1.87 bits per heavy atom. The average molecular weight is 412 g/mol. The molecule has 2 aromatic heterocycles. The van der Waals surface area contributed by atoms with E-state index >= 15 is 0 Å². The Labute approximate surface area is 178 Å². The van der Waals surface area contributed by atoms with Gasteiger partial charge in [-0.05, 0) is 59.4 Å². The van der Waals surface area contributed by atoms with Crippen molar-refractivity contribution < 1.29 is 9.59 Å². The lowest BCUT2D eigenvalue weighted by molar-refractivity contribution is -0.121. The Kier molecular flexibility index (Phi) is 5.55. The fraction of sp³-hybridized carbons (Fsp3) is 0.652. The number of carbonyl (C=O) groups excluding carboxylic acids is 2. The van der Waals surface area contributed by atoms with Gasteiger partial charge in [0.05, 0.1) is 22.2 Å². The Morgan fingerprint density at radius 1 is 1.17 bits per heavy atom. The normalized spacial score (nSPS) is 17.5. The van der Waals surface area contributed by atoms with Crippen LogP contribution in [0.25, 0.3) is 11.0 Å². The summed E-state index contributed by atoms with van der Waals surface area (Å²) in [5.41, 5.74) is 2.93. The van der Waals surface area contributed by atoms with Crippen molar-refractivity contribution in [1.82, 2.24) is 25.4 Å². The lowest BCUT2D eigenvalue weighted by Crippen LogP contribution is -2.35. The van der Waals surface area contributed by atoms with Gasteiger partial charge in [-0.2, -0.15) is 5.10 Å². The molecule has 162 valence electrons. The quantitative estimate of drug-likeness (QED) is 0.761. The van der Waals surface area contributed by atoms with E-state index in [-0.39, 0.29) is 17.4 Å². The van der Waals surface area contributed by atoms with E-state index in [1.807, 2.05) is 17.7 Å². The van der Waals surface area contributed by atoms with E-state index in [1.165, 1.54) is 12.8 Å². The number of nitrogens with zero attached hydrogens (tertiary/aromatic N) is 3. The Morgan fingerprint density at radius 3 is 2.50 bits per heavy atom. The van der Waals surface area contributed by atoms with E-state index in [9.17, 15) is 9.59 Å². The molecular formula is C23H33N5O2. The summed E-state index contributed by atoms with van der Waals surface area (Å²) in [5.74, 6) is 0.286. The van der Waals surface area contributed by atoms with Gasteiger partial charge < -0.3 is 10.6 Å². The molecule has 0 atom stereocenters. The molecule has 0 aromatic carbocycles.